The van der Waals surface area contributed by atoms with E-state index in [0.717, 1.165) is 25.4 Å². The van der Waals surface area contributed by atoms with Crippen LogP contribution < -0.4 is 4.74 Å². The minimum Gasteiger partial charge on any atom is -0.481 e. The molecule has 3 heteroatoms. The largest absolute Gasteiger partial charge is 0.481 e. The van der Waals surface area contributed by atoms with Crippen LogP contribution in [-0.2, 0) is 13.0 Å². The Hall–Kier alpha value is -1.09. The van der Waals surface area contributed by atoms with Crippen molar-refractivity contribution in [2.45, 2.75) is 39.3 Å². The molecule has 0 aromatic carbocycles. The number of nitrogens with zero attached hydrogens (tertiary/aromatic N) is 2. The Kier molecular flexibility index (Phi) is 2.89. The predicted molar refractivity (Wildman–Crippen MR) is 64.7 cm³/mol. The summed E-state index contributed by atoms with van der Waals surface area (Å²) in [4.78, 5) is 6.77. The van der Waals surface area contributed by atoms with Gasteiger partial charge in [0.15, 0.2) is 0 Å². The average molecular weight is 220 g/mol. The fraction of sp³-hybridized carbons (Fsp3) is 0.615. The Labute approximate surface area is 97.4 Å². The number of hydrogen-bond acceptors (Lipinski definition) is 3. The fourth-order valence-electron chi connectivity index (χ4n) is 2.10. The zero-order chi connectivity index (χ0) is 11.8. The molecule has 0 saturated heterocycles. The van der Waals surface area contributed by atoms with Gasteiger partial charge in [-0.2, -0.15) is 0 Å². The number of aromatic nitrogens is 1. The second-order valence-electron chi connectivity index (χ2n) is 5.34. The first-order valence-corrected chi connectivity index (χ1v) is 5.77. The van der Waals surface area contributed by atoms with E-state index in [2.05, 4.69) is 36.7 Å². The third-order valence-electron chi connectivity index (χ3n) is 3.23. The Morgan fingerprint density at radius 3 is 2.69 bits per heavy atom. The first kappa shape index (κ1) is 11.4. The molecular formula is C13H20N2O. The summed E-state index contributed by atoms with van der Waals surface area (Å²) >= 11 is 0. The smallest absolute Gasteiger partial charge is 0.213 e. The summed E-state index contributed by atoms with van der Waals surface area (Å²) in [5.74, 6) is 0.725. The topological polar surface area (TPSA) is 25.4 Å². The molecule has 0 bridgehead atoms. The van der Waals surface area contributed by atoms with Gasteiger partial charge in [-0.05, 0) is 38.3 Å². The van der Waals surface area contributed by atoms with E-state index in [1.807, 2.05) is 6.20 Å². The maximum absolute atomic E-state index is 5.15. The van der Waals surface area contributed by atoms with Gasteiger partial charge in [0.25, 0.3) is 0 Å². The summed E-state index contributed by atoms with van der Waals surface area (Å²) < 4.78 is 5.15. The molecule has 88 valence electrons. The lowest BCUT2D eigenvalue weighted by molar-refractivity contribution is 0.120. The van der Waals surface area contributed by atoms with Crippen molar-refractivity contribution in [1.82, 2.24) is 9.88 Å². The number of pyridine rings is 1. The predicted octanol–water partition coefficient (Wildman–Crippen LogP) is 2.25. The average Bonchev–Trinajstić information content (AvgIpc) is 2.26. The van der Waals surface area contributed by atoms with Gasteiger partial charge >= 0.3 is 0 Å². The van der Waals surface area contributed by atoms with E-state index in [1.54, 1.807) is 7.11 Å². The molecule has 0 amide bonds. The molecule has 0 N–H and O–H groups in total. The first-order valence-electron chi connectivity index (χ1n) is 5.77. The minimum atomic E-state index is 0.234. The maximum Gasteiger partial charge on any atom is 0.213 e. The van der Waals surface area contributed by atoms with Gasteiger partial charge in [0, 0.05) is 30.9 Å². The van der Waals surface area contributed by atoms with Crippen molar-refractivity contribution in [2.24, 2.45) is 0 Å². The van der Waals surface area contributed by atoms with Crippen LogP contribution in [0.2, 0.25) is 0 Å². The van der Waals surface area contributed by atoms with Crippen molar-refractivity contribution >= 4 is 0 Å². The van der Waals surface area contributed by atoms with Gasteiger partial charge in [-0.15, -0.1) is 0 Å². The second kappa shape index (κ2) is 4.06. The number of hydrogen-bond donors (Lipinski definition) is 0. The molecular weight excluding hydrogens is 200 g/mol. The van der Waals surface area contributed by atoms with Crippen LogP contribution in [0.5, 0.6) is 5.88 Å². The van der Waals surface area contributed by atoms with Crippen molar-refractivity contribution in [2.75, 3.05) is 13.7 Å². The SMILES string of the molecule is COc1cc2c(cn1)CN(C(C)(C)C)CC2. The Balaban J connectivity index is 2.22. The minimum absolute atomic E-state index is 0.234. The summed E-state index contributed by atoms with van der Waals surface area (Å²) in [6, 6.07) is 2.06. The number of ether oxygens (including phenoxy) is 1. The van der Waals surface area contributed by atoms with Crippen molar-refractivity contribution in [3.63, 3.8) is 0 Å². The van der Waals surface area contributed by atoms with Crippen LogP contribution in [0.25, 0.3) is 0 Å². The van der Waals surface area contributed by atoms with Crippen LogP contribution in [0, 0.1) is 0 Å². The molecule has 0 radical (unpaired) electrons. The molecule has 2 heterocycles. The summed E-state index contributed by atoms with van der Waals surface area (Å²) in [6.07, 6.45) is 3.04. The highest BCUT2D eigenvalue weighted by Gasteiger charge is 2.25. The molecule has 0 unspecified atom stereocenters. The molecule has 1 aliphatic heterocycles. The molecule has 2 rings (SSSR count). The van der Waals surface area contributed by atoms with Crippen LogP contribution in [0.3, 0.4) is 0 Å². The van der Waals surface area contributed by atoms with E-state index in [4.69, 9.17) is 4.74 Å². The standard InChI is InChI=1S/C13H20N2O/c1-13(2,3)15-6-5-10-7-12(16-4)14-8-11(10)9-15/h7-8H,5-6,9H2,1-4H3. The summed E-state index contributed by atoms with van der Waals surface area (Å²) in [6.45, 7) is 8.89. The van der Waals surface area contributed by atoms with Crippen molar-refractivity contribution in [3.8, 4) is 5.88 Å². The fourth-order valence-corrected chi connectivity index (χ4v) is 2.10. The van der Waals surface area contributed by atoms with Gasteiger partial charge in [0.1, 0.15) is 0 Å². The van der Waals surface area contributed by atoms with Crippen molar-refractivity contribution in [1.29, 1.82) is 0 Å². The lowest BCUT2D eigenvalue weighted by Gasteiger charge is -2.39. The number of methoxy groups -OCH3 is 1. The van der Waals surface area contributed by atoms with Gasteiger partial charge in [-0.25, -0.2) is 4.98 Å². The molecule has 16 heavy (non-hydrogen) atoms. The van der Waals surface area contributed by atoms with E-state index < -0.39 is 0 Å². The number of rotatable bonds is 1. The van der Waals surface area contributed by atoms with Crippen LogP contribution >= 0.6 is 0 Å². The zero-order valence-electron chi connectivity index (χ0n) is 10.6. The van der Waals surface area contributed by atoms with Gasteiger partial charge in [-0.3, -0.25) is 4.90 Å². The number of fused-ring (bicyclic) bond motifs is 1. The van der Waals surface area contributed by atoms with Crippen LogP contribution in [0.4, 0.5) is 0 Å². The molecule has 0 saturated carbocycles. The summed E-state index contributed by atoms with van der Waals surface area (Å²) in [5, 5.41) is 0. The van der Waals surface area contributed by atoms with Gasteiger partial charge in [0.05, 0.1) is 7.11 Å². The van der Waals surface area contributed by atoms with E-state index in [1.165, 1.54) is 11.1 Å². The Bertz CT molecular complexity index is 382. The molecule has 0 fully saturated rings. The summed E-state index contributed by atoms with van der Waals surface area (Å²) in [5.41, 5.74) is 2.95. The van der Waals surface area contributed by atoms with Crippen LogP contribution in [0.15, 0.2) is 12.3 Å². The third-order valence-corrected chi connectivity index (χ3v) is 3.23. The van der Waals surface area contributed by atoms with E-state index in [0.29, 0.717) is 0 Å². The highest BCUT2D eigenvalue weighted by atomic mass is 16.5. The molecule has 0 aliphatic carbocycles. The lowest BCUT2D eigenvalue weighted by atomic mass is 9.96. The summed E-state index contributed by atoms with van der Waals surface area (Å²) in [7, 11) is 1.67. The molecule has 0 atom stereocenters. The molecule has 3 nitrogen and oxygen atoms in total. The van der Waals surface area contributed by atoms with Crippen LogP contribution in [-0.4, -0.2) is 29.1 Å². The lowest BCUT2D eigenvalue weighted by Crippen LogP contribution is -2.44. The molecule has 1 aromatic heterocycles. The van der Waals surface area contributed by atoms with Crippen molar-refractivity contribution < 1.29 is 4.74 Å². The first-order chi connectivity index (χ1) is 7.50. The third kappa shape index (κ3) is 2.19. The zero-order valence-corrected chi connectivity index (χ0v) is 10.6. The highest BCUT2D eigenvalue weighted by Crippen LogP contribution is 2.26. The van der Waals surface area contributed by atoms with E-state index in [9.17, 15) is 0 Å². The van der Waals surface area contributed by atoms with Crippen molar-refractivity contribution in [3.05, 3.63) is 23.4 Å². The second-order valence-corrected chi connectivity index (χ2v) is 5.34. The molecule has 1 aromatic rings. The van der Waals surface area contributed by atoms with Gasteiger partial charge in [-0.1, -0.05) is 0 Å². The highest BCUT2D eigenvalue weighted by molar-refractivity contribution is 5.31. The van der Waals surface area contributed by atoms with Gasteiger partial charge < -0.3 is 4.74 Å². The maximum atomic E-state index is 5.15. The molecule has 0 spiro atoms. The monoisotopic (exact) mass is 220 g/mol. The van der Waals surface area contributed by atoms with Crippen LogP contribution in [0.1, 0.15) is 31.9 Å². The Morgan fingerprint density at radius 1 is 1.31 bits per heavy atom. The quantitative estimate of drug-likeness (QED) is 0.726. The van der Waals surface area contributed by atoms with E-state index in [-0.39, 0.29) is 5.54 Å². The molecule has 1 aliphatic rings. The normalized spacial score (nSPS) is 17.0. The van der Waals surface area contributed by atoms with Gasteiger partial charge in [0.2, 0.25) is 5.88 Å². The van der Waals surface area contributed by atoms with E-state index >= 15 is 0 Å². The Morgan fingerprint density at radius 2 is 2.06 bits per heavy atom.